The third kappa shape index (κ3) is 1.91. The molecule has 0 saturated carbocycles. The molecular formula is C9H7LiN2O2S. The first-order chi connectivity index (χ1) is 6.61. The van der Waals surface area contributed by atoms with Crippen molar-refractivity contribution in [3.8, 4) is 0 Å². The normalized spacial score (nSPS) is 10.0. The predicted molar refractivity (Wildman–Crippen MR) is 51.2 cm³/mol. The zero-order chi connectivity index (χ0) is 10.3. The average Bonchev–Trinajstić information content (AvgIpc) is 2.59. The fourth-order valence-electron chi connectivity index (χ4n) is 1.43. The molecule has 0 aliphatic rings. The molecule has 0 saturated heterocycles. The number of aromatic carboxylic acids is 1. The number of aryl methyl sites for hydroxylation is 2. The van der Waals surface area contributed by atoms with Gasteiger partial charge in [0.15, 0.2) is 0 Å². The maximum Gasteiger partial charge on any atom is 1.00 e. The summed E-state index contributed by atoms with van der Waals surface area (Å²) < 4.78 is 8.16. The fraction of sp³-hybridized carbons (Fsp3) is 0.222. The van der Waals surface area contributed by atoms with Crippen LogP contribution >= 0.6 is 11.7 Å². The van der Waals surface area contributed by atoms with Gasteiger partial charge in [-0.05, 0) is 31.0 Å². The first-order valence-corrected chi connectivity index (χ1v) is 4.78. The van der Waals surface area contributed by atoms with Gasteiger partial charge in [0.2, 0.25) is 0 Å². The number of nitrogens with zero attached hydrogens (tertiary/aromatic N) is 2. The molecule has 6 heteroatoms. The Morgan fingerprint density at radius 2 is 1.93 bits per heavy atom. The van der Waals surface area contributed by atoms with Gasteiger partial charge in [0.1, 0.15) is 11.0 Å². The summed E-state index contributed by atoms with van der Waals surface area (Å²) in [5, 5.41) is 10.8. The van der Waals surface area contributed by atoms with Crippen molar-refractivity contribution >= 4 is 28.7 Å². The summed E-state index contributed by atoms with van der Waals surface area (Å²) in [6.07, 6.45) is 0. The van der Waals surface area contributed by atoms with Crippen LogP contribution in [0.25, 0.3) is 11.0 Å². The van der Waals surface area contributed by atoms with Crippen LogP contribution in [0, 0.1) is 13.8 Å². The zero-order valence-corrected chi connectivity index (χ0v) is 9.51. The van der Waals surface area contributed by atoms with Crippen molar-refractivity contribution in [2.24, 2.45) is 0 Å². The minimum atomic E-state index is -1.17. The standard InChI is InChI=1S/C9H8N2O2S.Li/c1-4-3-6(9(12)13)5(2)8-7(4)10-14-11-8;/h3H,1-2H3,(H,12,13);/q;+1/p-1. The van der Waals surface area contributed by atoms with Crippen LogP contribution in [0.5, 0.6) is 0 Å². The van der Waals surface area contributed by atoms with Crippen molar-refractivity contribution in [3.63, 3.8) is 0 Å². The number of rotatable bonds is 1. The van der Waals surface area contributed by atoms with Gasteiger partial charge in [-0.1, -0.05) is 0 Å². The number of carbonyl (C=O) groups excluding carboxylic acids is 1. The molecule has 2 aromatic rings. The molecule has 1 aromatic heterocycles. The molecule has 4 nitrogen and oxygen atoms in total. The van der Waals surface area contributed by atoms with Gasteiger partial charge in [0, 0.05) is 5.56 Å². The number of carboxylic acid groups (broad SMARTS) is 1. The van der Waals surface area contributed by atoms with Crippen molar-refractivity contribution in [3.05, 3.63) is 22.8 Å². The van der Waals surface area contributed by atoms with E-state index in [0.717, 1.165) is 22.8 Å². The Hall–Kier alpha value is -0.893. The second kappa shape index (κ2) is 4.31. The second-order valence-corrected chi connectivity index (χ2v) is 3.64. The van der Waals surface area contributed by atoms with Crippen LogP contribution in [-0.2, 0) is 0 Å². The van der Waals surface area contributed by atoms with E-state index in [1.165, 1.54) is 0 Å². The number of carbonyl (C=O) groups is 1. The van der Waals surface area contributed by atoms with E-state index in [2.05, 4.69) is 8.75 Å². The summed E-state index contributed by atoms with van der Waals surface area (Å²) in [5.41, 5.74) is 3.08. The Bertz CT molecular complexity index is 524. The molecular weight excluding hydrogens is 207 g/mol. The number of fused-ring (bicyclic) bond motifs is 1. The Morgan fingerprint density at radius 3 is 2.53 bits per heavy atom. The van der Waals surface area contributed by atoms with Crippen LogP contribution in [-0.4, -0.2) is 14.7 Å². The van der Waals surface area contributed by atoms with E-state index in [9.17, 15) is 9.90 Å². The van der Waals surface area contributed by atoms with Crippen LogP contribution in [0.4, 0.5) is 0 Å². The maximum absolute atomic E-state index is 10.8. The summed E-state index contributed by atoms with van der Waals surface area (Å²) >= 11 is 1.09. The summed E-state index contributed by atoms with van der Waals surface area (Å²) in [6, 6.07) is 1.58. The first-order valence-electron chi connectivity index (χ1n) is 4.05. The van der Waals surface area contributed by atoms with E-state index in [-0.39, 0.29) is 24.4 Å². The van der Waals surface area contributed by atoms with Crippen molar-refractivity contribution < 1.29 is 28.8 Å². The number of hydrogen-bond donors (Lipinski definition) is 0. The smallest absolute Gasteiger partial charge is 0.545 e. The van der Waals surface area contributed by atoms with Crippen molar-refractivity contribution in [1.29, 1.82) is 0 Å². The quantitative estimate of drug-likeness (QED) is 0.500. The Labute approximate surface area is 103 Å². The molecule has 72 valence electrons. The van der Waals surface area contributed by atoms with Crippen LogP contribution in [0.2, 0.25) is 0 Å². The number of aromatic nitrogens is 2. The molecule has 0 unspecified atom stereocenters. The molecule has 0 N–H and O–H groups in total. The third-order valence-corrected chi connectivity index (χ3v) is 2.73. The van der Waals surface area contributed by atoms with Gasteiger partial charge in [-0.2, -0.15) is 8.75 Å². The van der Waals surface area contributed by atoms with Crippen LogP contribution < -0.4 is 24.0 Å². The minimum absolute atomic E-state index is 0. The number of benzene rings is 1. The largest absolute Gasteiger partial charge is 1.00 e. The molecule has 1 aromatic carbocycles. The van der Waals surface area contributed by atoms with Crippen LogP contribution in [0.15, 0.2) is 6.07 Å². The molecule has 0 aliphatic carbocycles. The molecule has 0 aliphatic heterocycles. The summed E-state index contributed by atoms with van der Waals surface area (Å²) in [4.78, 5) is 10.8. The SMILES string of the molecule is Cc1cc(C(=O)[O-])c(C)c2nsnc12.[Li+]. The van der Waals surface area contributed by atoms with E-state index < -0.39 is 5.97 Å². The van der Waals surface area contributed by atoms with E-state index in [1.807, 2.05) is 6.92 Å². The molecule has 0 fully saturated rings. The molecule has 0 radical (unpaired) electrons. The van der Waals surface area contributed by atoms with Gasteiger partial charge in [-0.15, -0.1) is 0 Å². The minimum Gasteiger partial charge on any atom is -0.545 e. The van der Waals surface area contributed by atoms with Crippen molar-refractivity contribution in [2.45, 2.75) is 13.8 Å². The molecule has 0 amide bonds. The molecule has 2 rings (SSSR count). The molecule has 0 atom stereocenters. The van der Waals surface area contributed by atoms with Gasteiger partial charge < -0.3 is 9.90 Å². The van der Waals surface area contributed by atoms with Gasteiger partial charge >= 0.3 is 18.9 Å². The van der Waals surface area contributed by atoms with E-state index in [1.54, 1.807) is 13.0 Å². The predicted octanol–water partition coefficient (Wildman–Crippen LogP) is -2.32. The average molecular weight is 214 g/mol. The van der Waals surface area contributed by atoms with E-state index in [4.69, 9.17) is 0 Å². The monoisotopic (exact) mass is 214 g/mol. The molecule has 0 bridgehead atoms. The Morgan fingerprint density at radius 1 is 1.33 bits per heavy atom. The first kappa shape index (κ1) is 12.2. The summed E-state index contributed by atoms with van der Waals surface area (Å²) in [6.45, 7) is 3.53. The topological polar surface area (TPSA) is 65.9 Å². The fourth-order valence-corrected chi connectivity index (χ4v) is 2.08. The van der Waals surface area contributed by atoms with Gasteiger partial charge in [-0.25, -0.2) is 0 Å². The van der Waals surface area contributed by atoms with Gasteiger partial charge in [-0.3, -0.25) is 0 Å². The number of carboxylic acids is 1. The van der Waals surface area contributed by atoms with Crippen molar-refractivity contribution in [2.75, 3.05) is 0 Å². The van der Waals surface area contributed by atoms with Crippen LogP contribution in [0.1, 0.15) is 21.5 Å². The summed E-state index contributed by atoms with van der Waals surface area (Å²) in [5.74, 6) is -1.17. The van der Waals surface area contributed by atoms with Crippen molar-refractivity contribution in [1.82, 2.24) is 8.75 Å². The van der Waals surface area contributed by atoms with Gasteiger partial charge in [0.25, 0.3) is 0 Å². The Balaban J connectivity index is 0.00000112. The van der Waals surface area contributed by atoms with E-state index in [0.29, 0.717) is 11.1 Å². The Kier molecular flexibility index (Phi) is 3.50. The van der Waals surface area contributed by atoms with E-state index >= 15 is 0 Å². The number of hydrogen-bond acceptors (Lipinski definition) is 5. The maximum atomic E-state index is 10.8. The molecule has 1 heterocycles. The van der Waals surface area contributed by atoms with Gasteiger partial charge in [0.05, 0.1) is 17.7 Å². The third-order valence-electron chi connectivity index (χ3n) is 2.20. The zero-order valence-electron chi connectivity index (χ0n) is 8.70. The molecule has 0 spiro atoms. The molecule has 15 heavy (non-hydrogen) atoms. The van der Waals surface area contributed by atoms with Crippen LogP contribution in [0.3, 0.4) is 0 Å². The second-order valence-electron chi connectivity index (χ2n) is 3.11. The summed E-state index contributed by atoms with van der Waals surface area (Å²) in [7, 11) is 0.